The first-order valence-electron chi connectivity index (χ1n) is 6.59. The average molecular weight is 335 g/mol. The Morgan fingerprint density at radius 2 is 1.95 bits per heavy atom. The molecule has 0 atom stereocenters. The molecule has 2 rings (SSSR count). The third kappa shape index (κ3) is 3.31. The number of anilines is 2. The largest absolute Gasteiger partial charge is 0.495 e. The molecule has 4 heteroatoms. The van der Waals surface area contributed by atoms with E-state index < -0.39 is 0 Å². The topological polar surface area (TPSA) is 34.1 Å². The Morgan fingerprint density at radius 3 is 2.55 bits per heavy atom. The van der Waals surface area contributed by atoms with E-state index in [2.05, 4.69) is 52.2 Å². The van der Waals surface area contributed by atoms with Gasteiger partial charge in [0.2, 0.25) is 0 Å². The van der Waals surface area contributed by atoms with Crippen LogP contribution in [0.25, 0.3) is 0 Å². The maximum absolute atomic E-state index is 5.46. The second-order valence-corrected chi connectivity index (χ2v) is 5.86. The van der Waals surface area contributed by atoms with E-state index in [4.69, 9.17) is 4.74 Å². The zero-order chi connectivity index (χ0) is 14.7. The second kappa shape index (κ2) is 6.27. The van der Waals surface area contributed by atoms with Crippen molar-refractivity contribution in [1.82, 2.24) is 4.98 Å². The zero-order valence-corrected chi connectivity index (χ0v) is 13.8. The molecule has 20 heavy (non-hydrogen) atoms. The number of aryl methyl sites for hydroxylation is 1. The van der Waals surface area contributed by atoms with Crippen LogP contribution in [0, 0.1) is 6.92 Å². The van der Waals surface area contributed by atoms with Crippen LogP contribution in [0.3, 0.4) is 0 Å². The predicted molar refractivity (Wildman–Crippen MR) is 87.0 cm³/mol. The zero-order valence-electron chi connectivity index (χ0n) is 12.2. The lowest BCUT2D eigenvalue weighted by atomic mass is 10.0. The maximum Gasteiger partial charge on any atom is 0.142 e. The van der Waals surface area contributed by atoms with Crippen molar-refractivity contribution in [1.29, 1.82) is 0 Å². The molecule has 106 valence electrons. The molecule has 0 spiro atoms. The molecule has 0 saturated carbocycles. The standard InChI is InChI=1S/C16H19BrN2O/c1-10(2)12-5-7-14(15(9-12)20-4)19-16-8-6-13(17)11(3)18-16/h5-10H,1-4H3,(H,18,19). The normalized spacial score (nSPS) is 10.7. The van der Waals surface area contributed by atoms with Gasteiger partial charge in [-0.3, -0.25) is 0 Å². The van der Waals surface area contributed by atoms with Gasteiger partial charge in [0.1, 0.15) is 11.6 Å². The lowest BCUT2D eigenvalue weighted by molar-refractivity contribution is 0.416. The van der Waals surface area contributed by atoms with Gasteiger partial charge in [-0.1, -0.05) is 19.9 Å². The Bertz CT molecular complexity index is 611. The molecule has 0 fully saturated rings. The van der Waals surface area contributed by atoms with Crippen LogP contribution < -0.4 is 10.1 Å². The molecular weight excluding hydrogens is 316 g/mol. The van der Waals surface area contributed by atoms with E-state index in [1.165, 1.54) is 5.56 Å². The van der Waals surface area contributed by atoms with Crippen molar-refractivity contribution in [2.24, 2.45) is 0 Å². The Kier molecular flexibility index (Phi) is 4.65. The lowest BCUT2D eigenvalue weighted by Gasteiger charge is -2.14. The summed E-state index contributed by atoms with van der Waals surface area (Å²) in [4.78, 5) is 4.49. The van der Waals surface area contributed by atoms with Crippen molar-refractivity contribution in [2.45, 2.75) is 26.7 Å². The fraction of sp³-hybridized carbons (Fsp3) is 0.312. The molecule has 1 aromatic heterocycles. The number of ether oxygens (including phenoxy) is 1. The van der Waals surface area contributed by atoms with Gasteiger partial charge in [0.25, 0.3) is 0 Å². The van der Waals surface area contributed by atoms with Crippen molar-refractivity contribution in [3.05, 3.63) is 46.1 Å². The Hall–Kier alpha value is -1.55. The first-order chi connectivity index (χ1) is 9.51. The fourth-order valence-corrected chi connectivity index (χ4v) is 2.14. The third-order valence-corrected chi connectivity index (χ3v) is 4.01. The molecule has 1 heterocycles. The number of hydrogen-bond donors (Lipinski definition) is 1. The number of nitrogens with one attached hydrogen (secondary N) is 1. The van der Waals surface area contributed by atoms with Gasteiger partial charge in [0.15, 0.2) is 0 Å². The van der Waals surface area contributed by atoms with Crippen molar-refractivity contribution in [3.63, 3.8) is 0 Å². The van der Waals surface area contributed by atoms with Gasteiger partial charge in [-0.2, -0.15) is 0 Å². The van der Waals surface area contributed by atoms with Gasteiger partial charge >= 0.3 is 0 Å². The van der Waals surface area contributed by atoms with Crippen molar-refractivity contribution in [3.8, 4) is 5.75 Å². The highest BCUT2D eigenvalue weighted by Crippen LogP contribution is 2.31. The Morgan fingerprint density at radius 1 is 1.20 bits per heavy atom. The van der Waals surface area contributed by atoms with Gasteiger partial charge in [0, 0.05) is 4.47 Å². The summed E-state index contributed by atoms with van der Waals surface area (Å²) in [5, 5.41) is 3.30. The molecule has 1 N–H and O–H groups in total. The number of pyridine rings is 1. The highest BCUT2D eigenvalue weighted by Gasteiger charge is 2.08. The van der Waals surface area contributed by atoms with Crippen LogP contribution in [0.1, 0.15) is 31.0 Å². The number of benzene rings is 1. The van der Waals surface area contributed by atoms with Crippen LogP contribution >= 0.6 is 15.9 Å². The minimum Gasteiger partial charge on any atom is -0.495 e. The van der Waals surface area contributed by atoms with E-state index >= 15 is 0 Å². The van der Waals surface area contributed by atoms with Gasteiger partial charge in [-0.15, -0.1) is 0 Å². The number of rotatable bonds is 4. The first kappa shape index (κ1) is 14.9. The maximum atomic E-state index is 5.46. The summed E-state index contributed by atoms with van der Waals surface area (Å²) in [6.45, 7) is 6.30. The highest BCUT2D eigenvalue weighted by molar-refractivity contribution is 9.10. The lowest BCUT2D eigenvalue weighted by Crippen LogP contribution is -1.99. The number of aromatic nitrogens is 1. The van der Waals surface area contributed by atoms with Crippen LogP contribution in [0.4, 0.5) is 11.5 Å². The first-order valence-corrected chi connectivity index (χ1v) is 7.38. The number of hydrogen-bond acceptors (Lipinski definition) is 3. The Labute approximate surface area is 128 Å². The molecule has 0 radical (unpaired) electrons. The van der Waals surface area contributed by atoms with Crippen LogP contribution in [0.2, 0.25) is 0 Å². The summed E-state index contributed by atoms with van der Waals surface area (Å²) in [6.07, 6.45) is 0. The average Bonchev–Trinajstić information content (AvgIpc) is 2.43. The Balaban J connectivity index is 2.30. The van der Waals surface area contributed by atoms with Crippen molar-refractivity contribution in [2.75, 3.05) is 12.4 Å². The molecule has 2 aromatic rings. The SMILES string of the molecule is COc1cc(C(C)C)ccc1Nc1ccc(Br)c(C)n1. The van der Waals surface area contributed by atoms with Gasteiger partial charge < -0.3 is 10.1 Å². The summed E-state index contributed by atoms with van der Waals surface area (Å²) in [7, 11) is 1.69. The highest BCUT2D eigenvalue weighted by atomic mass is 79.9. The van der Waals surface area contributed by atoms with E-state index in [-0.39, 0.29) is 0 Å². The number of methoxy groups -OCH3 is 1. The van der Waals surface area contributed by atoms with Crippen molar-refractivity contribution >= 4 is 27.4 Å². The quantitative estimate of drug-likeness (QED) is 0.851. The summed E-state index contributed by atoms with van der Waals surface area (Å²) in [5.41, 5.74) is 3.13. The monoisotopic (exact) mass is 334 g/mol. The molecule has 0 unspecified atom stereocenters. The summed E-state index contributed by atoms with van der Waals surface area (Å²) in [6, 6.07) is 10.1. The van der Waals surface area contributed by atoms with E-state index in [1.807, 2.05) is 25.1 Å². The molecule has 0 amide bonds. The molecule has 3 nitrogen and oxygen atoms in total. The molecular formula is C16H19BrN2O. The minimum atomic E-state index is 0.478. The summed E-state index contributed by atoms with van der Waals surface area (Å²) < 4.78 is 6.47. The summed E-state index contributed by atoms with van der Waals surface area (Å²) >= 11 is 3.45. The van der Waals surface area contributed by atoms with E-state index in [9.17, 15) is 0 Å². The number of halogens is 1. The minimum absolute atomic E-state index is 0.478. The predicted octanol–water partition coefficient (Wildman–Crippen LogP) is 5.03. The smallest absolute Gasteiger partial charge is 0.142 e. The van der Waals surface area contributed by atoms with E-state index in [0.717, 1.165) is 27.4 Å². The molecule has 0 aliphatic rings. The van der Waals surface area contributed by atoms with Gasteiger partial charge in [-0.05, 0) is 58.6 Å². The molecule has 0 aliphatic carbocycles. The second-order valence-electron chi connectivity index (χ2n) is 5.00. The van der Waals surface area contributed by atoms with Crippen LogP contribution in [0.5, 0.6) is 5.75 Å². The van der Waals surface area contributed by atoms with Crippen molar-refractivity contribution < 1.29 is 4.74 Å². The molecule has 1 aromatic carbocycles. The fourth-order valence-electron chi connectivity index (χ4n) is 1.92. The van der Waals surface area contributed by atoms with Crippen LogP contribution in [0.15, 0.2) is 34.8 Å². The number of nitrogens with zero attached hydrogens (tertiary/aromatic N) is 1. The third-order valence-electron chi connectivity index (χ3n) is 3.18. The molecule has 0 saturated heterocycles. The van der Waals surface area contributed by atoms with E-state index in [1.54, 1.807) is 7.11 Å². The van der Waals surface area contributed by atoms with Crippen LogP contribution in [-0.4, -0.2) is 12.1 Å². The van der Waals surface area contributed by atoms with E-state index in [0.29, 0.717) is 5.92 Å². The molecule has 0 aliphatic heterocycles. The van der Waals surface area contributed by atoms with Gasteiger partial charge in [-0.25, -0.2) is 4.98 Å². The molecule has 0 bridgehead atoms. The van der Waals surface area contributed by atoms with Crippen LogP contribution in [-0.2, 0) is 0 Å². The van der Waals surface area contributed by atoms with Gasteiger partial charge in [0.05, 0.1) is 18.5 Å². The summed E-state index contributed by atoms with van der Waals surface area (Å²) in [5.74, 6) is 2.12.